The van der Waals surface area contributed by atoms with Crippen molar-refractivity contribution in [3.63, 3.8) is 0 Å². The summed E-state index contributed by atoms with van der Waals surface area (Å²) < 4.78 is 5.07. The fourth-order valence-corrected chi connectivity index (χ4v) is 4.38. The zero-order chi connectivity index (χ0) is 22.3. The molecule has 0 atom stereocenters. The smallest absolute Gasteiger partial charge is 0.409 e. The van der Waals surface area contributed by atoms with Crippen LogP contribution in [0.25, 0.3) is 11.3 Å². The number of piperidine rings is 1. The Labute approximate surface area is 191 Å². The van der Waals surface area contributed by atoms with Crippen molar-refractivity contribution in [2.24, 2.45) is 0 Å². The van der Waals surface area contributed by atoms with Gasteiger partial charge in [-0.2, -0.15) is 0 Å². The van der Waals surface area contributed by atoms with Crippen LogP contribution in [0.4, 0.5) is 15.6 Å². The molecule has 166 valence electrons. The maximum Gasteiger partial charge on any atom is 0.409 e. The van der Waals surface area contributed by atoms with Gasteiger partial charge in [-0.05, 0) is 44.0 Å². The number of ether oxygens (including phenoxy) is 1. The molecule has 0 aliphatic carbocycles. The van der Waals surface area contributed by atoms with Gasteiger partial charge in [-0.25, -0.2) is 9.78 Å². The minimum Gasteiger partial charge on any atom is -0.450 e. The SMILES string of the molecule is CCOC(=O)N1CCC(Nc2nc(-c3ccc(NC(=O)c4ccccc4)cc3)cs2)CC1. The largest absolute Gasteiger partial charge is 0.450 e. The summed E-state index contributed by atoms with van der Waals surface area (Å²) in [5, 5.41) is 9.29. The van der Waals surface area contributed by atoms with Crippen LogP contribution in [0.15, 0.2) is 60.0 Å². The highest BCUT2D eigenvalue weighted by atomic mass is 32.1. The number of carbonyl (C=O) groups excluding carboxylic acids is 2. The molecule has 0 saturated carbocycles. The second kappa shape index (κ2) is 10.3. The fraction of sp³-hybridized carbons (Fsp3) is 0.292. The van der Waals surface area contributed by atoms with E-state index in [4.69, 9.17) is 9.72 Å². The Bertz CT molecular complexity index is 1040. The molecule has 32 heavy (non-hydrogen) atoms. The van der Waals surface area contributed by atoms with E-state index >= 15 is 0 Å². The molecule has 2 amide bonds. The van der Waals surface area contributed by atoms with E-state index in [0.717, 1.165) is 34.9 Å². The number of nitrogens with one attached hydrogen (secondary N) is 2. The van der Waals surface area contributed by atoms with Crippen molar-refractivity contribution in [3.8, 4) is 11.3 Å². The quantitative estimate of drug-likeness (QED) is 0.546. The van der Waals surface area contributed by atoms with Gasteiger partial charge in [-0.3, -0.25) is 4.79 Å². The minimum atomic E-state index is -0.231. The van der Waals surface area contributed by atoms with Crippen LogP contribution < -0.4 is 10.6 Å². The number of likely N-dealkylation sites (tertiary alicyclic amines) is 1. The molecule has 1 aromatic heterocycles. The van der Waals surface area contributed by atoms with Crippen molar-refractivity contribution < 1.29 is 14.3 Å². The monoisotopic (exact) mass is 450 g/mol. The summed E-state index contributed by atoms with van der Waals surface area (Å²) in [6.07, 6.45) is 1.50. The van der Waals surface area contributed by atoms with Crippen molar-refractivity contribution in [2.45, 2.75) is 25.8 Å². The summed E-state index contributed by atoms with van der Waals surface area (Å²) in [5.74, 6) is -0.132. The van der Waals surface area contributed by atoms with Gasteiger partial charge in [0.25, 0.3) is 5.91 Å². The summed E-state index contributed by atoms with van der Waals surface area (Å²) in [7, 11) is 0. The first-order chi connectivity index (χ1) is 15.6. The Morgan fingerprint density at radius 1 is 1.09 bits per heavy atom. The van der Waals surface area contributed by atoms with Crippen molar-refractivity contribution in [1.29, 1.82) is 0 Å². The van der Waals surface area contributed by atoms with Gasteiger partial charge in [0.15, 0.2) is 5.13 Å². The number of aromatic nitrogens is 1. The Morgan fingerprint density at radius 2 is 1.81 bits per heavy atom. The molecular formula is C24H26N4O3S. The maximum atomic E-state index is 12.3. The number of rotatable bonds is 6. The van der Waals surface area contributed by atoms with Crippen LogP contribution in [0.2, 0.25) is 0 Å². The van der Waals surface area contributed by atoms with Crippen LogP contribution in [0.5, 0.6) is 0 Å². The number of benzene rings is 2. The molecule has 0 bridgehead atoms. The summed E-state index contributed by atoms with van der Waals surface area (Å²) in [6.45, 7) is 3.59. The third-order valence-electron chi connectivity index (χ3n) is 5.33. The van der Waals surface area contributed by atoms with Crippen LogP contribution in [0, 0.1) is 0 Å². The average Bonchev–Trinajstić information content (AvgIpc) is 3.29. The molecule has 8 heteroatoms. The Kier molecular flexibility index (Phi) is 7.01. The average molecular weight is 451 g/mol. The molecule has 2 N–H and O–H groups in total. The van der Waals surface area contributed by atoms with Gasteiger partial charge in [0.05, 0.1) is 12.3 Å². The number of hydrogen-bond acceptors (Lipinski definition) is 6. The molecule has 2 heterocycles. The number of thiazole rings is 1. The molecule has 1 aliphatic heterocycles. The van der Waals surface area contributed by atoms with E-state index < -0.39 is 0 Å². The van der Waals surface area contributed by atoms with Gasteiger partial charge < -0.3 is 20.3 Å². The molecule has 0 radical (unpaired) electrons. The van der Waals surface area contributed by atoms with Crippen LogP contribution in [-0.2, 0) is 4.74 Å². The second-order valence-corrected chi connectivity index (χ2v) is 8.40. The summed E-state index contributed by atoms with van der Waals surface area (Å²) in [4.78, 5) is 30.6. The zero-order valence-electron chi connectivity index (χ0n) is 17.9. The van der Waals surface area contributed by atoms with Gasteiger partial charge in [0.1, 0.15) is 0 Å². The first-order valence-corrected chi connectivity index (χ1v) is 11.6. The summed E-state index contributed by atoms with van der Waals surface area (Å²) in [6, 6.07) is 17.1. The van der Waals surface area contributed by atoms with Crippen LogP contribution >= 0.6 is 11.3 Å². The third kappa shape index (κ3) is 5.45. The third-order valence-corrected chi connectivity index (χ3v) is 6.10. The van der Waals surface area contributed by atoms with Gasteiger partial charge in [-0.1, -0.05) is 30.3 Å². The number of carbonyl (C=O) groups is 2. The van der Waals surface area contributed by atoms with E-state index in [9.17, 15) is 9.59 Å². The lowest BCUT2D eigenvalue weighted by Crippen LogP contribution is -2.42. The lowest BCUT2D eigenvalue weighted by molar-refractivity contribution is 0.0982. The van der Waals surface area contributed by atoms with E-state index in [1.165, 1.54) is 0 Å². The molecule has 3 aromatic rings. The summed E-state index contributed by atoms with van der Waals surface area (Å²) >= 11 is 1.57. The predicted octanol–water partition coefficient (Wildman–Crippen LogP) is 5.10. The predicted molar refractivity (Wildman–Crippen MR) is 127 cm³/mol. The molecule has 7 nitrogen and oxygen atoms in total. The van der Waals surface area contributed by atoms with Gasteiger partial charge >= 0.3 is 6.09 Å². The first-order valence-electron chi connectivity index (χ1n) is 10.7. The highest BCUT2D eigenvalue weighted by molar-refractivity contribution is 7.14. The number of anilines is 2. The minimum absolute atomic E-state index is 0.132. The molecule has 1 aliphatic rings. The molecule has 4 rings (SSSR count). The Hall–Kier alpha value is -3.39. The van der Waals surface area contributed by atoms with E-state index in [1.54, 1.807) is 28.4 Å². The Balaban J connectivity index is 1.31. The number of amides is 2. The molecular weight excluding hydrogens is 424 g/mol. The van der Waals surface area contributed by atoms with Gasteiger partial charge in [0.2, 0.25) is 0 Å². The lowest BCUT2D eigenvalue weighted by atomic mass is 10.1. The van der Waals surface area contributed by atoms with Crippen molar-refractivity contribution in [2.75, 3.05) is 30.3 Å². The Morgan fingerprint density at radius 3 is 2.50 bits per heavy atom. The van der Waals surface area contributed by atoms with Crippen molar-refractivity contribution >= 4 is 34.2 Å². The van der Waals surface area contributed by atoms with Gasteiger partial charge in [0, 0.05) is 41.3 Å². The number of hydrogen-bond donors (Lipinski definition) is 2. The standard InChI is InChI=1S/C24H26N4O3S/c1-2-31-24(30)28-14-12-20(13-15-28)26-23-27-21(16-32-23)17-8-10-19(11-9-17)25-22(29)18-6-4-3-5-7-18/h3-11,16,20H,2,12-15H2,1H3,(H,25,29)(H,26,27). The van der Waals surface area contributed by atoms with Crippen LogP contribution in [-0.4, -0.2) is 47.6 Å². The van der Waals surface area contributed by atoms with Crippen LogP contribution in [0.3, 0.4) is 0 Å². The van der Waals surface area contributed by atoms with Crippen molar-refractivity contribution in [1.82, 2.24) is 9.88 Å². The molecule has 2 aromatic carbocycles. The summed E-state index contributed by atoms with van der Waals surface area (Å²) in [5.41, 5.74) is 3.25. The topological polar surface area (TPSA) is 83.6 Å². The second-order valence-electron chi connectivity index (χ2n) is 7.54. The molecule has 0 unspecified atom stereocenters. The van der Waals surface area contributed by atoms with E-state index in [0.29, 0.717) is 25.3 Å². The van der Waals surface area contributed by atoms with E-state index in [-0.39, 0.29) is 18.0 Å². The maximum absolute atomic E-state index is 12.3. The first kappa shape index (κ1) is 21.8. The fourth-order valence-electron chi connectivity index (χ4n) is 3.59. The van der Waals surface area contributed by atoms with Crippen molar-refractivity contribution in [3.05, 3.63) is 65.5 Å². The molecule has 1 fully saturated rings. The highest BCUT2D eigenvalue weighted by Gasteiger charge is 2.24. The van der Waals surface area contributed by atoms with E-state index in [1.807, 2.05) is 54.8 Å². The lowest BCUT2D eigenvalue weighted by Gasteiger charge is -2.31. The van der Waals surface area contributed by atoms with Gasteiger partial charge in [-0.15, -0.1) is 11.3 Å². The number of nitrogens with zero attached hydrogens (tertiary/aromatic N) is 2. The highest BCUT2D eigenvalue weighted by Crippen LogP contribution is 2.27. The normalized spacial score (nSPS) is 14.1. The van der Waals surface area contributed by atoms with Crippen LogP contribution in [0.1, 0.15) is 30.1 Å². The van der Waals surface area contributed by atoms with E-state index in [2.05, 4.69) is 10.6 Å². The molecule has 1 saturated heterocycles. The molecule has 0 spiro atoms. The zero-order valence-corrected chi connectivity index (χ0v) is 18.7.